The summed E-state index contributed by atoms with van der Waals surface area (Å²) in [5.41, 5.74) is 0.590. The van der Waals surface area contributed by atoms with Gasteiger partial charge in [0.1, 0.15) is 11.5 Å². The molecule has 1 heterocycles. The molecular weight excluding hydrogens is 288 g/mol. The highest BCUT2D eigenvalue weighted by molar-refractivity contribution is 6.30. The molecule has 0 saturated heterocycles. The molecule has 4 nitrogen and oxygen atoms in total. The average molecular weight is 305 g/mol. The van der Waals surface area contributed by atoms with Gasteiger partial charge in [-0.2, -0.15) is 0 Å². The Morgan fingerprint density at radius 3 is 2.33 bits per heavy atom. The first-order valence-electron chi connectivity index (χ1n) is 6.63. The van der Waals surface area contributed by atoms with Gasteiger partial charge in [0.15, 0.2) is 5.15 Å². The highest BCUT2D eigenvalue weighted by atomic mass is 35.5. The lowest BCUT2D eigenvalue weighted by molar-refractivity contribution is -0.155. The van der Waals surface area contributed by atoms with Crippen LogP contribution in [0.5, 0.6) is 0 Å². The molecule has 1 aromatic heterocycles. The lowest BCUT2D eigenvalue weighted by atomic mass is 9.95. The zero-order valence-corrected chi connectivity index (χ0v) is 13.0. The fourth-order valence-electron chi connectivity index (χ4n) is 1.94. The monoisotopic (exact) mass is 304 g/mol. The first-order chi connectivity index (χ1) is 9.88. The van der Waals surface area contributed by atoms with Crippen LogP contribution in [0.2, 0.25) is 5.15 Å². The molecule has 21 heavy (non-hydrogen) atoms. The smallest absolute Gasteiger partial charge is 0.320 e. The summed E-state index contributed by atoms with van der Waals surface area (Å²) in [5, 5.41) is 0.206. The molecule has 0 saturated carbocycles. The summed E-state index contributed by atoms with van der Waals surface area (Å²) >= 11 is 6.10. The SMILES string of the molecule is CC(C)(C)OC(=O)C(c1ccccc1)c1nccnc1Cl. The fraction of sp³-hybridized carbons (Fsp3) is 0.312. The van der Waals surface area contributed by atoms with Crippen molar-refractivity contribution < 1.29 is 9.53 Å². The summed E-state index contributed by atoms with van der Waals surface area (Å²) < 4.78 is 5.50. The van der Waals surface area contributed by atoms with Crippen molar-refractivity contribution in [2.24, 2.45) is 0 Å². The topological polar surface area (TPSA) is 52.1 Å². The van der Waals surface area contributed by atoms with Gasteiger partial charge in [-0.25, -0.2) is 4.98 Å². The summed E-state index contributed by atoms with van der Waals surface area (Å²) in [4.78, 5) is 20.8. The second-order valence-electron chi connectivity index (χ2n) is 5.61. The van der Waals surface area contributed by atoms with Crippen molar-refractivity contribution in [3.05, 3.63) is 59.1 Å². The van der Waals surface area contributed by atoms with E-state index in [9.17, 15) is 4.79 Å². The van der Waals surface area contributed by atoms with E-state index in [1.54, 1.807) is 0 Å². The number of nitrogens with zero attached hydrogens (tertiary/aromatic N) is 2. The molecule has 2 rings (SSSR count). The largest absolute Gasteiger partial charge is 0.459 e. The van der Waals surface area contributed by atoms with Gasteiger partial charge in [0, 0.05) is 12.4 Å². The van der Waals surface area contributed by atoms with E-state index in [2.05, 4.69) is 9.97 Å². The first kappa shape index (κ1) is 15.4. The Hall–Kier alpha value is -1.94. The van der Waals surface area contributed by atoms with Crippen molar-refractivity contribution in [2.75, 3.05) is 0 Å². The molecule has 0 aliphatic rings. The van der Waals surface area contributed by atoms with Crippen LogP contribution in [0.25, 0.3) is 0 Å². The summed E-state index contributed by atoms with van der Waals surface area (Å²) in [5.74, 6) is -1.08. The third-order valence-corrected chi connectivity index (χ3v) is 3.02. The maximum absolute atomic E-state index is 12.6. The number of carbonyl (C=O) groups is 1. The third-order valence-electron chi connectivity index (χ3n) is 2.73. The number of rotatable bonds is 3. The quantitative estimate of drug-likeness (QED) is 0.813. The molecule has 0 radical (unpaired) electrons. The number of ether oxygens (including phenoxy) is 1. The Bertz CT molecular complexity index is 624. The predicted molar refractivity (Wildman–Crippen MR) is 81.2 cm³/mol. The minimum absolute atomic E-state index is 0.206. The molecule has 5 heteroatoms. The summed E-state index contributed by atoms with van der Waals surface area (Å²) in [7, 11) is 0. The van der Waals surface area contributed by atoms with E-state index in [0.29, 0.717) is 5.69 Å². The van der Waals surface area contributed by atoms with Gasteiger partial charge in [-0.05, 0) is 26.3 Å². The van der Waals surface area contributed by atoms with Crippen LogP contribution in [0.3, 0.4) is 0 Å². The van der Waals surface area contributed by atoms with Crippen LogP contribution >= 0.6 is 11.6 Å². The van der Waals surface area contributed by atoms with Crippen LogP contribution in [0.15, 0.2) is 42.7 Å². The van der Waals surface area contributed by atoms with E-state index in [1.807, 2.05) is 51.1 Å². The second kappa shape index (κ2) is 6.22. The minimum Gasteiger partial charge on any atom is -0.459 e. The number of hydrogen-bond acceptors (Lipinski definition) is 4. The normalized spacial score (nSPS) is 12.8. The van der Waals surface area contributed by atoms with Gasteiger partial charge in [-0.15, -0.1) is 0 Å². The van der Waals surface area contributed by atoms with Crippen LogP contribution in [0.1, 0.15) is 37.9 Å². The standard InChI is InChI=1S/C16H17ClN2O2/c1-16(2,3)21-15(20)12(11-7-5-4-6-8-11)13-14(17)19-10-9-18-13/h4-10,12H,1-3H3. The summed E-state index contributed by atoms with van der Waals surface area (Å²) in [6.45, 7) is 5.47. The van der Waals surface area contributed by atoms with Gasteiger partial charge in [-0.1, -0.05) is 41.9 Å². The number of carbonyl (C=O) groups excluding carboxylic acids is 1. The van der Waals surface area contributed by atoms with E-state index in [4.69, 9.17) is 16.3 Å². The van der Waals surface area contributed by atoms with Crippen LogP contribution in [0.4, 0.5) is 0 Å². The molecule has 0 aliphatic heterocycles. The maximum Gasteiger partial charge on any atom is 0.320 e. The van der Waals surface area contributed by atoms with Crippen molar-refractivity contribution in [2.45, 2.75) is 32.3 Å². The van der Waals surface area contributed by atoms with E-state index >= 15 is 0 Å². The van der Waals surface area contributed by atoms with E-state index in [0.717, 1.165) is 5.56 Å². The number of hydrogen-bond donors (Lipinski definition) is 0. The Balaban J connectivity index is 2.46. The van der Waals surface area contributed by atoms with Gasteiger partial charge >= 0.3 is 5.97 Å². The zero-order valence-electron chi connectivity index (χ0n) is 12.2. The molecule has 0 aliphatic carbocycles. The lowest BCUT2D eigenvalue weighted by Crippen LogP contribution is -2.29. The molecule has 0 N–H and O–H groups in total. The van der Waals surface area contributed by atoms with Crippen molar-refractivity contribution >= 4 is 17.6 Å². The predicted octanol–water partition coefficient (Wildman–Crippen LogP) is 3.60. The fourth-order valence-corrected chi connectivity index (χ4v) is 2.15. The van der Waals surface area contributed by atoms with Gasteiger partial charge in [0.25, 0.3) is 0 Å². The Labute approximate surface area is 129 Å². The van der Waals surface area contributed by atoms with Gasteiger partial charge in [0.2, 0.25) is 0 Å². The van der Waals surface area contributed by atoms with Gasteiger partial charge < -0.3 is 4.74 Å². The summed E-state index contributed by atoms with van der Waals surface area (Å²) in [6.07, 6.45) is 3.00. The number of benzene rings is 1. The Kier molecular flexibility index (Phi) is 4.58. The van der Waals surface area contributed by atoms with Crippen molar-refractivity contribution in [3.8, 4) is 0 Å². The Morgan fingerprint density at radius 2 is 1.76 bits per heavy atom. The van der Waals surface area contributed by atoms with E-state index in [-0.39, 0.29) is 5.15 Å². The van der Waals surface area contributed by atoms with Crippen molar-refractivity contribution in [1.29, 1.82) is 0 Å². The summed E-state index contributed by atoms with van der Waals surface area (Å²) in [6, 6.07) is 9.29. The first-order valence-corrected chi connectivity index (χ1v) is 7.00. The molecule has 1 unspecified atom stereocenters. The lowest BCUT2D eigenvalue weighted by Gasteiger charge is -2.24. The molecular formula is C16H17ClN2O2. The Morgan fingerprint density at radius 1 is 1.14 bits per heavy atom. The van der Waals surface area contributed by atoms with Crippen LogP contribution in [-0.2, 0) is 9.53 Å². The maximum atomic E-state index is 12.6. The highest BCUT2D eigenvalue weighted by Gasteiger charge is 2.31. The molecule has 1 aromatic carbocycles. The van der Waals surface area contributed by atoms with E-state index < -0.39 is 17.5 Å². The van der Waals surface area contributed by atoms with E-state index in [1.165, 1.54) is 12.4 Å². The second-order valence-corrected chi connectivity index (χ2v) is 5.97. The van der Waals surface area contributed by atoms with Gasteiger partial charge in [0.05, 0.1) is 5.69 Å². The number of esters is 1. The molecule has 2 aromatic rings. The zero-order chi connectivity index (χ0) is 15.5. The van der Waals surface area contributed by atoms with Crippen LogP contribution < -0.4 is 0 Å². The van der Waals surface area contributed by atoms with Crippen LogP contribution in [-0.4, -0.2) is 21.5 Å². The third kappa shape index (κ3) is 4.02. The number of aromatic nitrogens is 2. The molecule has 110 valence electrons. The van der Waals surface area contributed by atoms with Gasteiger partial charge in [-0.3, -0.25) is 9.78 Å². The average Bonchev–Trinajstić information content (AvgIpc) is 2.40. The van der Waals surface area contributed by atoms with Crippen molar-refractivity contribution in [1.82, 2.24) is 9.97 Å². The molecule has 0 bridgehead atoms. The molecule has 0 amide bonds. The molecule has 0 fully saturated rings. The highest BCUT2D eigenvalue weighted by Crippen LogP contribution is 2.29. The molecule has 1 atom stereocenters. The number of halogens is 1. The van der Waals surface area contributed by atoms with Crippen LogP contribution in [0, 0.1) is 0 Å². The minimum atomic E-state index is -0.688. The van der Waals surface area contributed by atoms with Crippen molar-refractivity contribution in [3.63, 3.8) is 0 Å². The molecule has 0 spiro atoms.